The number of aliphatic hydroxyl groups excluding tert-OH is 1. The molecule has 60 heavy (non-hydrogen) atoms. The number of oxime groups is 1. The Morgan fingerprint density at radius 3 is 2.58 bits per heavy atom. The number of hydrogen-bond donors (Lipinski definition) is 1. The van der Waals surface area contributed by atoms with Gasteiger partial charge < -0.3 is 43.3 Å². The number of pyridine rings is 2. The standard InChI is InChI=1S/C44H64N6O10/c1-11-33-44(8)38-26(4)34(47-17-18-50(38)42(53)60-44)24(2)20-43(7)39(59-41-36(51)32(49(9)10)19-25(3)57-41)27(5)37(28(6)40(52)58-33)54-22-30(23-55-43)48-56-21-29-14-16-45-31-13-12-15-46-35(29)31/h12-16,24-28,32-33,36-39,41,51H,11,17-23H2,1-10H3/t24-,25+,26+,27+,28+,32-,33-,36+,37+,38-,39-,41-,43-,44-/m1/s1. The van der Waals surface area contributed by atoms with Gasteiger partial charge in [-0.05, 0) is 85.2 Å². The van der Waals surface area contributed by atoms with E-state index in [1.807, 2.05) is 71.8 Å². The third-order valence-electron chi connectivity index (χ3n) is 13.5. The SMILES string of the molecule is CC[C@H]1OC(=O)[C@@H](C)[C@H]2OCC(=NOCc3ccnc4cccnc34)CO[C@](C)(C[C@@H](C)C3=NCCN4C(=O)O[C@@]1(C)[C@H]4[C@H]3C)[C@H](O[C@H]1O[C@@H](C)C[C@@H](N(C)C)[C@@H]1O)[C@H]2C. The van der Waals surface area contributed by atoms with Crippen LogP contribution in [-0.4, -0.2) is 149 Å². The Labute approximate surface area is 353 Å². The van der Waals surface area contributed by atoms with Crippen LogP contribution in [0.2, 0.25) is 0 Å². The highest BCUT2D eigenvalue weighted by molar-refractivity contribution is 5.91. The van der Waals surface area contributed by atoms with Gasteiger partial charge >= 0.3 is 12.1 Å². The van der Waals surface area contributed by atoms with Crippen LogP contribution in [0.4, 0.5) is 4.79 Å². The molecule has 0 aromatic carbocycles. The molecular formula is C44H64N6O10. The zero-order valence-electron chi connectivity index (χ0n) is 36.8. The number of rotatable bonds is 7. The molecule has 7 heterocycles. The molecule has 14 atom stereocenters. The van der Waals surface area contributed by atoms with Crippen molar-refractivity contribution in [2.24, 2.45) is 33.8 Å². The van der Waals surface area contributed by atoms with Crippen molar-refractivity contribution in [2.45, 2.75) is 141 Å². The highest BCUT2D eigenvalue weighted by Gasteiger charge is 2.60. The second-order valence-corrected chi connectivity index (χ2v) is 18.2. The van der Waals surface area contributed by atoms with Gasteiger partial charge in [-0.3, -0.25) is 24.7 Å². The number of aliphatic imine (C=N–C) groups is 1. The van der Waals surface area contributed by atoms with E-state index in [-0.39, 0.29) is 43.8 Å². The smallest absolute Gasteiger partial charge is 0.410 e. The number of esters is 1. The molecule has 4 saturated heterocycles. The third kappa shape index (κ3) is 8.52. The summed E-state index contributed by atoms with van der Waals surface area (Å²) in [5.74, 6) is -2.29. The fourth-order valence-corrected chi connectivity index (χ4v) is 10.6. The quantitative estimate of drug-likeness (QED) is 0.298. The average molecular weight is 837 g/mol. The zero-order valence-corrected chi connectivity index (χ0v) is 36.8. The second-order valence-electron chi connectivity index (χ2n) is 18.2. The molecule has 330 valence electrons. The van der Waals surface area contributed by atoms with E-state index in [9.17, 15) is 14.7 Å². The topological polar surface area (TPSA) is 176 Å². The second kappa shape index (κ2) is 17.9. The highest BCUT2D eigenvalue weighted by Crippen LogP contribution is 2.45. The molecule has 4 fully saturated rings. The van der Waals surface area contributed by atoms with Crippen molar-refractivity contribution in [2.75, 3.05) is 40.4 Å². The highest BCUT2D eigenvalue weighted by atomic mass is 16.7. The largest absolute Gasteiger partial charge is 0.458 e. The van der Waals surface area contributed by atoms with Gasteiger partial charge in [0.15, 0.2) is 11.9 Å². The first-order valence-corrected chi connectivity index (χ1v) is 21.6. The van der Waals surface area contributed by atoms with Crippen LogP contribution in [-0.2, 0) is 44.7 Å². The molecule has 5 aliphatic rings. The lowest BCUT2D eigenvalue weighted by Gasteiger charge is -2.48. The summed E-state index contributed by atoms with van der Waals surface area (Å²) in [6.45, 7) is 16.7. The van der Waals surface area contributed by atoms with Gasteiger partial charge in [0.25, 0.3) is 0 Å². The van der Waals surface area contributed by atoms with E-state index in [0.29, 0.717) is 38.1 Å². The summed E-state index contributed by atoms with van der Waals surface area (Å²) in [6.07, 6.45) is -0.0710. The Balaban J connectivity index is 1.31. The van der Waals surface area contributed by atoms with Crippen molar-refractivity contribution in [3.8, 4) is 0 Å². The minimum atomic E-state index is -1.14. The summed E-state index contributed by atoms with van der Waals surface area (Å²) in [5, 5.41) is 16.4. The van der Waals surface area contributed by atoms with Crippen LogP contribution in [0.15, 0.2) is 40.7 Å². The molecular weight excluding hydrogens is 773 g/mol. The first kappa shape index (κ1) is 44.3. The molecule has 2 aromatic rings. The molecule has 2 aromatic heterocycles. The molecule has 0 aliphatic carbocycles. The van der Waals surface area contributed by atoms with E-state index < -0.39 is 71.8 Å². The number of likely N-dealkylation sites (N-methyl/N-ethyl adjacent to an activating group) is 1. The van der Waals surface area contributed by atoms with Crippen molar-refractivity contribution >= 4 is 34.5 Å². The Morgan fingerprint density at radius 1 is 1.05 bits per heavy atom. The lowest BCUT2D eigenvalue weighted by atomic mass is 9.72. The van der Waals surface area contributed by atoms with Gasteiger partial charge in [0.05, 0.1) is 66.7 Å². The predicted molar refractivity (Wildman–Crippen MR) is 222 cm³/mol. The van der Waals surface area contributed by atoms with Crippen LogP contribution in [0.1, 0.15) is 80.2 Å². The van der Waals surface area contributed by atoms with E-state index in [4.69, 9.17) is 38.3 Å². The number of carbonyl (C=O) groups excluding carboxylic acids is 2. The molecule has 0 unspecified atom stereocenters. The first-order chi connectivity index (χ1) is 28.6. The van der Waals surface area contributed by atoms with E-state index >= 15 is 0 Å². The minimum Gasteiger partial charge on any atom is -0.458 e. The van der Waals surface area contributed by atoms with Crippen LogP contribution in [0.25, 0.3) is 11.0 Å². The summed E-state index contributed by atoms with van der Waals surface area (Å²) in [4.78, 5) is 51.9. The van der Waals surface area contributed by atoms with Gasteiger partial charge in [-0.15, -0.1) is 0 Å². The molecule has 5 aliphatic heterocycles. The van der Waals surface area contributed by atoms with Gasteiger partial charge in [-0.1, -0.05) is 32.9 Å². The number of amides is 1. The summed E-state index contributed by atoms with van der Waals surface area (Å²) >= 11 is 0. The van der Waals surface area contributed by atoms with Crippen LogP contribution < -0.4 is 0 Å². The molecule has 4 bridgehead atoms. The lowest BCUT2D eigenvalue weighted by Crippen LogP contribution is -2.60. The van der Waals surface area contributed by atoms with Gasteiger partial charge in [-0.2, -0.15) is 0 Å². The Kier molecular flexibility index (Phi) is 13.2. The summed E-state index contributed by atoms with van der Waals surface area (Å²) in [7, 11) is 3.87. The molecule has 0 radical (unpaired) electrons. The minimum absolute atomic E-state index is 0.0122. The summed E-state index contributed by atoms with van der Waals surface area (Å²) in [5.41, 5.74) is 1.42. The molecule has 1 amide bonds. The summed E-state index contributed by atoms with van der Waals surface area (Å²) < 4.78 is 39.9. The third-order valence-corrected chi connectivity index (χ3v) is 13.5. The number of aliphatic hydroxyl groups is 1. The van der Waals surface area contributed by atoms with E-state index in [0.717, 1.165) is 22.3 Å². The van der Waals surface area contributed by atoms with Crippen molar-refractivity contribution in [3.05, 3.63) is 36.2 Å². The van der Waals surface area contributed by atoms with Crippen LogP contribution in [0, 0.1) is 23.7 Å². The van der Waals surface area contributed by atoms with Crippen LogP contribution >= 0.6 is 0 Å². The van der Waals surface area contributed by atoms with Crippen molar-refractivity contribution < 1.29 is 48.0 Å². The normalized spacial score (nSPS) is 39.9. The Bertz CT molecular complexity index is 1930. The van der Waals surface area contributed by atoms with Gasteiger partial charge in [0.1, 0.15) is 24.5 Å². The fraction of sp³-hybridized carbons (Fsp3) is 0.727. The molecule has 0 spiro atoms. The number of fused-ring (bicyclic) bond motifs is 5. The maximum atomic E-state index is 14.6. The molecule has 0 saturated carbocycles. The number of nitrogens with zero attached hydrogens (tertiary/aromatic N) is 6. The Hall–Kier alpha value is -3.80. The zero-order chi connectivity index (χ0) is 43.1. The number of ether oxygens (including phenoxy) is 6. The van der Waals surface area contributed by atoms with Gasteiger partial charge in [-0.25, -0.2) is 4.79 Å². The fourth-order valence-electron chi connectivity index (χ4n) is 10.6. The molecule has 7 rings (SSSR count). The maximum absolute atomic E-state index is 14.6. The van der Waals surface area contributed by atoms with Crippen molar-refractivity contribution in [1.82, 2.24) is 19.8 Å². The van der Waals surface area contributed by atoms with Crippen molar-refractivity contribution in [3.63, 3.8) is 0 Å². The first-order valence-electron chi connectivity index (χ1n) is 21.6. The predicted octanol–water partition coefficient (Wildman–Crippen LogP) is 4.79. The van der Waals surface area contributed by atoms with E-state index in [1.165, 1.54) is 0 Å². The lowest BCUT2D eigenvalue weighted by molar-refractivity contribution is -0.302. The number of carbonyl (C=O) groups is 2. The van der Waals surface area contributed by atoms with Crippen LogP contribution in [0.5, 0.6) is 0 Å². The maximum Gasteiger partial charge on any atom is 0.410 e. The average Bonchev–Trinajstić information content (AvgIpc) is 3.36. The van der Waals surface area contributed by atoms with Crippen LogP contribution in [0.3, 0.4) is 0 Å². The number of cyclic esters (lactones) is 1. The number of aromatic nitrogens is 2. The van der Waals surface area contributed by atoms with Crippen molar-refractivity contribution in [1.29, 1.82) is 0 Å². The molecule has 1 N–H and O–H groups in total. The Morgan fingerprint density at radius 2 is 1.83 bits per heavy atom. The molecule has 16 heteroatoms. The number of hydrogen-bond acceptors (Lipinski definition) is 15. The van der Waals surface area contributed by atoms with Gasteiger partial charge in [0.2, 0.25) is 0 Å². The molecule has 16 nitrogen and oxygen atoms in total. The monoisotopic (exact) mass is 836 g/mol. The van der Waals surface area contributed by atoms with E-state index in [1.54, 1.807) is 24.2 Å². The van der Waals surface area contributed by atoms with E-state index in [2.05, 4.69) is 29.0 Å². The van der Waals surface area contributed by atoms with Gasteiger partial charge in [0, 0.05) is 48.1 Å². The summed E-state index contributed by atoms with van der Waals surface area (Å²) in [6, 6.07) is 4.92.